The number of aromatic nitrogens is 3. The Morgan fingerprint density at radius 1 is 1.24 bits per heavy atom. The molecule has 3 rings (SSSR count). The minimum atomic E-state index is -4.40. The van der Waals surface area contributed by atoms with Crippen molar-refractivity contribution in [2.24, 2.45) is 4.99 Å². The highest BCUT2D eigenvalue weighted by atomic mass is 127. The normalized spacial score (nSPS) is 11.8. The fourth-order valence-corrected chi connectivity index (χ4v) is 3.36. The number of hydrogen-bond acceptors (Lipinski definition) is 4. The van der Waals surface area contributed by atoms with Crippen LogP contribution in [0.3, 0.4) is 0 Å². The number of rotatable bonds is 6. The smallest absolute Gasteiger partial charge is 0.356 e. The summed E-state index contributed by atoms with van der Waals surface area (Å²) in [4.78, 5) is 11.8. The van der Waals surface area contributed by atoms with Gasteiger partial charge in [0.05, 0.1) is 17.0 Å². The van der Waals surface area contributed by atoms with Crippen LogP contribution in [0.2, 0.25) is 0 Å². The van der Waals surface area contributed by atoms with Crippen LogP contribution in [0.4, 0.5) is 13.2 Å². The molecule has 0 amide bonds. The molecule has 3 aromatic rings. The zero-order valence-electron chi connectivity index (χ0n) is 15.5. The third-order valence-corrected chi connectivity index (χ3v) is 4.83. The third kappa shape index (κ3) is 6.42. The highest BCUT2D eigenvalue weighted by Crippen LogP contribution is 2.30. The number of guanidine groups is 1. The second kappa shape index (κ2) is 10.6. The molecule has 0 unspecified atom stereocenters. The van der Waals surface area contributed by atoms with Crippen LogP contribution in [0.5, 0.6) is 0 Å². The number of para-hydroxylation sites is 1. The summed E-state index contributed by atoms with van der Waals surface area (Å²) in [6, 6.07) is 7.91. The van der Waals surface area contributed by atoms with E-state index in [1.54, 1.807) is 19.6 Å². The molecule has 2 N–H and O–H groups in total. The first kappa shape index (κ1) is 23.1. The number of nitrogens with zero attached hydrogens (tertiary/aromatic N) is 4. The molecule has 0 saturated heterocycles. The predicted octanol–water partition coefficient (Wildman–Crippen LogP) is 3.87. The summed E-state index contributed by atoms with van der Waals surface area (Å²) in [5.41, 5.74) is 1.22. The van der Waals surface area contributed by atoms with E-state index in [-0.39, 0.29) is 24.0 Å². The van der Waals surface area contributed by atoms with Crippen molar-refractivity contribution in [1.82, 2.24) is 25.2 Å². The Hall–Kier alpha value is -2.15. The monoisotopic (exact) mass is 536 g/mol. The first-order valence-corrected chi connectivity index (χ1v) is 9.37. The maximum atomic E-state index is 12.6. The summed E-state index contributed by atoms with van der Waals surface area (Å²) in [6.07, 6.45) is 1.30. The third-order valence-electron chi connectivity index (χ3n) is 3.92. The van der Waals surface area contributed by atoms with Crippen molar-refractivity contribution < 1.29 is 13.2 Å². The van der Waals surface area contributed by atoms with Gasteiger partial charge in [0.25, 0.3) is 0 Å². The average molecular weight is 536 g/mol. The Kier molecular flexibility index (Phi) is 8.44. The van der Waals surface area contributed by atoms with Gasteiger partial charge in [0.2, 0.25) is 0 Å². The number of hydrogen-bond donors (Lipinski definition) is 2. The van der Waals surface area contributed by atoms with Gasteiger partial charge in [-0.05, 0) is 11.6 Å². The Morgan fingerprint density at radius 3 is 2.69 bits per heavy atom. The molecule has 2 heterocycles. The Morgan fingerprint density at radius 2 is 2.03 bits per heavy atom. The molecule has 0 aliphatic rings. The Labute approximate surface area is 187 Å². The van der Waals surface area contributed by atoms with Gasteiger partial charge in [-0.15, -0.1) is 35.3 Å². The number of aliphatic imine (C=N–C) groups is 1. The lowest BCUT2D eigenvalue weighted by molar-refractivity contribution is -0.140. The number of nitrogens with one attached hydrogen (secondary N) is 2. The molecule has 6 nitrogen and oxygen atoms in total. The van der Waals surface area contributed by atoms with E-state index in [1.165, 1.54) is 0 Å². The van der Waals surface area contributed by atoms with Crippen molar-refractivity contribution in [2.45, 2.75) is 19.1 Å². The molecule has 0 radical (unpaired) electrons. The molecular weight excluding hydrogens is 516 g/mol. The molecular formula is C18H20F3IN6S. The summed E-state index contributed by atoms with van der Waals surface area (Å²) < 4.78 is 39.7. The summed E-state index contributed by atoms with van der Waals surface area (Å²) >= 11 is 1.01. The zero-order valence-corrected chi connectivity index (χ0v) is 18.6. The van der Waals surface area contributed by atoms with Crippen LogP contribution < -0.4 is 10.6 Å². The minimum Gasteiger partial charge on any atom is -0.356 e. The van der Waals surface area contributed by atoms with Crippen LogP contribution in [-0.4, -0.2) is 34.1 Å². The minimum absolute atomic E-state index is 0. The molecule has 0 fully saturated rings. The lowest BCUT2D eigenvalue weighted by Gasteiger charge is -2.14. The maximum Gasteiger partial charge on any atom is 0.434 e. The van der Waals surface area contributed by atoms with Gasteiger partial charge in [-0.25, -0.2) is 9.97 Å². The van der Waals surface area contributed by atoms with Crippen LogP contribution in [0, 0.1) is 0 Å². The lowest BCUT2D eigenvalue weighted by Crippen LogP contribution is -2.38. The molecule has 0 aliphatic carbocycles. The molecule has 1 aromatic carbocycles. The van der Waals surface area contributed by atoms with Crippen molar-refractivity contribution in [3.63, 3.8) is 0 Å². The second-order valence-electron chi connectivity index (χ2n) is 5.83. The van der Waals surface area contributed by atoms with Gasteiger partial charge in [0, 0.05) is 44.3 Å². The van der Waals surface area contributed by atoms with E-state index in [1.807, 2.05) is 35.0 Å². The van der Waals surface area contributed by atoms with Crippen LogP contribution in [0.15, 0.2) is 53.4 Å². The molecule has 0 saturated carbocycles. The molecule has 0 atom stereocenters. The second-order valence-corrected chi connectivity index (χ2v) is 6.77. The molecule has 0 aliphatic heterocycles. The largest absolute Gasteiger partial charge is 0.434 e. The fraction of sp³-hybridized carbons (Fsp3) is 0.278. The van der Waals surface area contributed by atoms with Gasteiger partial charge in [0.1, 0.15) is 0 Å². The van der Waals surface area contributed by atoms with Gasteiger partial charge in [-0.3, -0.25) is 4.99 Å². The Bertz CT molecular complexity index is 924. The van der Waals surface area contributed by atoms with E-state index < -0.39 is 11.9 Å². The molecule has 11 heteroatoms. The van der Waals surface area contributed by atoms with Gasteiger partial charge < -0.3 is 15.2 Å². The topological polar surface area (TPSA) is 67.1 Å². The number of halogens is 4. The lowest BCUT2D eigenvalue weighted by atomic mass is 10.1. The molecule has 29 heavy (non-hydrogen) atoms. The molecule has 0 spiro atoms. The summed E-state index contributed by atoms with van der Waals surface area (Å²) in [5, 5.41) is 7.78. The highest BCUT2D eigenvalue weighted by molar-refractivity contribution is 14.0. The van der Waals surface area contributed by atoms with Crippen molar-refractivity contribution in [3.05, 3.63) is 64.6 Å². The SMILES string of the molecule is CN=C(NCCc1nc(C(F)(F)F)cs1)NCc1ccccc1-n1ccnc1.I. The number of imidazole rings is 1. The van der Waals surface area contributed by atoms with Crippen molar-refractivity contribution in [2.75, 3.05) is 13.6 Å². The van der Waals surface area contributed by atoms with Crippen LogP contribution >= 0.6 is 35.3 Å². The van der Waals surface area contributed by atoms with E-state index in [0.29, 0.717) is 30.5 Å². The average Bonchev–Trinajstić information content (AvgIpc) is 3.36. The van der Waals surface area contributed by atoms with Crippen molar-refractivity contribution in [3.8, 4) is 5.69 Å². The predicted molar refractivity (Wildman–Crippen MR) is 118 cm³/mol. The van der Waals surface area contributed by atoms with E-state index in [2.05, 4.69) is 25.6 Å². The number of benzene rings is 1. The Balaban J connectivity index is 0.00000300. The number of alkyl halides is 3. The zero-order chi connectivity index (χ0) is 20.0. The van der Waals surface area contributed by atoms with Crippen LogP contribution in [0.25, 0.3) is 5.69 Å². The van der Waals surface area contributed by atoms with E-state index in [9.17, 15) is 13.2 Å². The van der Waals surface area contributed by atoms with Gasteiger partial charge in [-0.2, -0.15) is 13.2 Å². The first-order valence-electron chi connectivity index (χ1n) is 8.49. The molecule has 0 bridgehead atoms. The molecule has 156 valence electrons. The number of thiazole rings is 1. The van der Waals surface area contributed by atoms with E-state index in [0.717, 1.165) is 28.0 Å². The standard InChI is InChI=1S/C18H19F3N6S.HI/c1-22-17(24-7-6-16-26-15(11-28-16)18(19,20)21)25-10-13-4-2-3-5-14(13)27-9-8-23-12-27;/h2-5,8-9,11-12H,6-7,10H2,1H3,(H2,22,24,25);1H. The van der Waals surface area contributed by atoms with Gasteiger partial charge in [0.15, 0.2) is 11.7 Å². The van der Waals surface area contributed by atoms with E-state index >= 15 is 0 Å². The summed E-state index contributed by atoms with van der Waals surface area (Å²) in [5.74, 6) is 0.563. The van der Waals surface area contributed by atoms with E-state index in [4.69, 9.17) is 0 Å². The van der Waals surface area contributed by atoms with Crippen LogP contribution in [-0.2, 0) is 19.1 Å². The fourth-order valence-electron chi connectivity index (χ4n) is 2.56. The summed E-state index contributed by atoms with van der Waals surface area (Å²) in [6.45, 7) is 0.956. The summed E-state index contributed by atoms with van der Waals surface area (Å²) in [7, 11) is 1.64. The van der Waals surface area contributed by atoms with Crippen LogP contribution in [0.1, 0.15) is 16.3 Å². The van der Waals surface area contributed by atoms with Gasteiger partial charge in [-0.1, -0.05) is 18.2 Å². The molecule has 2 aromatic heterocycles. The quantitative estimate of drug-likeness (QED) is 0.285. The van der Waals surface area contributed by atoms with Crippen molar-refractivity contribution >= 4 is 41.3 Å². The highest BCUT2D eigenvalue weighted by Gasteiger charge is 2.33. The maximum absolute atomic E-state index is 12.6. The first-order chi connectivity index (χ1) is 13.5. The van der Waals surface area contributed by atoms with Crippen molar-refractivity contribution in [1.29, 1.82) is 0 Å². The van der Waals surface area contributed by atoms with Gasteiger partial charge >= 0.3 is 6.18 Å².